The van der Waals surface area contributed by atoms with Crippen molar-refractivity contribution in [1.82, 2.24) is 19.4 Å². The molecule has 1 atom stereocenters. The van der Waals surface area contributed by atoms with E-state index in [4.69, 9.17) is 0 Å². The van der Waals surface area contributed by atoms with Crippen molar-refractivity contribution in [2.75, 3.05) is 33.2 Å². The minimum atomic E-state index is -4.07. The molecule has 2 heterocycles. The molecule has 152 valence electrons. The Morgan fingerprint density at radius 1 is 1.21 bits per heavy atom. The van der Waals surface area contributed by atoms with Gasteiger partial charge in [-0.15, -0.1) is 0 Å². The van der Waals surface area contributed by atoms with Gasteiger partial charge in [0.25, 0.3) is 15.9 Å². The van der Waals surface area contributed by atoms with Crippen LogP contribution >= 0.6 is 0 Å². The van der Waals surface area contributed by atoms with Crippen molar-refractivity contribution < 1.29 is 22.8 Å². The van der Waals surface area contributed by atoms with Gasteiger partial charge in [0, 0.05) is 32.7 Å². The molecule has 0 radical (unpaired) electrons. The summed E-state index contributed by atoms with van der Waals surface area (Å²) in [5.41, 5.74) is 0.0581. The van der Waals surface area contributed by atoms with Crippen LogP contribution in [0.25, 0.3) is 0 Å². The summed E-state index contributed by atoms with van der Waals surface area (Å²) in [6, 6.07) is 5.35. The fraction of sp³-hybridized carbons (Fsp3) is 0.500. The zero-order valence-electron chi connectivity index (χ0n) is 16.1. The average Bonchev–Trinajstić information content (AvgIpc) is 2.87. The van der Waals surface area contributed by atoms with Crippen molar-refractivity contribution in [2.45, 2.75) is 30.8 Å². The van der Waals surface area contributed by atoms with Gasteiger partial charge >= 0.3 is 0 Å². The van der Waals surface area contributed by atoms with Gasteiger partial charge in [-0.1, -0.05) is 12.1 Å². The molecule has 1 aromatic carbocycles. The van der Waals surface area contributed by atoms with Gasteiger partial charge in [-0.3, -0.25) is 19.3 Å². The van der Waals surface area contributed by atoms with Gasteiger partial charge in [-0.05, 0) is 26.0 Å². The molecule has 0 bridgehead atoms. The normalized spacial score (nSPS) is 21.7. The number of amides is 3. The Kier molecular flexibility index (Phi) is 5.44. The lowest BCUT2D eigenvalue weighted by molar-refractivity contribution is -0.144. The zero-order valence-corrected chi connectivity index (χ0v) is 16.9. The summed E-state index contributed by atoms with van der Waals surface area (Å²) in [5.74, 6) is -1.61. The van der Waals surface area contributed by atoms with Gasteiger partial charge in [-0.2, -0.15) is 0 Å². The summed E-state index contributed by atoms with van der Waals surface area (Å²) in [7, 11) is -2.58. The maximum absolute atomic E-state index is 12.9. The first-order chi connectivity index (χ1) is 13.2. The van der Waals surface area contributed by atoms with E-state index in [1.54, 1.807) is 6.07 Å². The number of hydrogen-bond donors (Lipinski definition) is 1. The van der Waals surface area contributed by atoms with Gasteiger partial charge in [0.05, 0.1) is 5.56 Å². The molecule has 28 heavy (non-hydrogen) atoms. The van der Waals surface area contributed by atoms with Crippen LogP contribution in [0.3, 0.4) is 0 Å². The highest BCUT2D eigenvalue weighted by atomic mass is 32.2. The van der Waals surface area contributed by atoms with Gasteiger partial charge < -0.3 is 10.2 Å². The van der Waals surface area contributed by atoms with Crippen LogP contribution in [0.15, 0.2) is 29.2 Å². The van der Waals surface area contributed by atoms with Crippen LogP contribution in [0.5, 0.6) is 0 Å². The lowest BCUT2D eigenvalue weighted by atomic mass is 10.1. The number of benzene rings is 1. The second kappa shape index (κ2) is 7.51. The molecule has 0 spiro atoms. The molecule has 1 saturated heterocycles. The number of fused-ring (bicyclic) bond motifs is 1. The zero-order chi connectivity index (χ0) is 20.6. The van der Waals surface area contributed by atoms with Crippen LogP contribution in [0.2, 0.25) is 0 Å². The van der Waals surface area contributed by atoms with Crippen LogP contribution in [0.1, 0.15) is 24.2 Å². The summed E-state index contributed by atoms with van der Waals surface area (Å²) in [5, 5.41) is 2.55. The van der Waals surface area contributed by atoms with E-state index < -0.39 is 34.4 Å². The van der Waals surface area contributed by atoms with Gasteiger partial charge in [-0.25, -0.2) is 12.7 Å². The highest BCUT2D eigenvalue weighted by Crippen LogP contribution is 2.30. The van der Waals surface area contributed by atoms with Crippen molar-refractivity contribution in [3.63, 3.8) is 0 Å². The van der Waals surface area contributed by atoms with Crippen LogP contribution in [-0.2, 0) is 19.6 Å². The number of piperazine rings is 1. The number of rotatable bonds is 4. The quantitative estimate of drug-likeness (QED) is 0.720. The number of sulfonamides is 1. The molecular weight excluding hydrogens is 384 g/mol. The lowest BCUT2D eigenvalue weighted by Crippen LogP contribution is -2.62. The molecule has 9 nitrogen and oxygen atoms in total. The molecular formula is C18H24N4O5S. The monoisotopic (exact) mass is 408 g/mol. The van der Waals surface area contributed by atoms with Gasteiger partial charge in [0.1, 0.15) is 17.5 Å². The molecule has 0 saturated carbocycles. The van der Waals surface area contributed by atoms with Crippen molar-refractivity contribution >= 4 is 27.7 Å². The molecule has 1 aromatic rings. The van der Waals surface area contributed by atoms with E-state index in [-0.39, 0.29) is 29.0 Å². The predicted octanol–water partition coefficient (Wildman–Crippen LogP) is -0.502. The number of carbonyl (C=O) groups is 3. The number of likely N-dealkylation sites (N-methyl/N-ethyl adjacent to an activating group) is 1. The average molecular weight is 408 g/mol. The third kappa shape index (κ3) is 3.37. The minimum absolute atomic E-state index is 0.0581. The van der Waals surface area contributed by atoms with E-state index in [2.05, 4.69) is 10.2 Å². The first-order valence-electron chi connectivity index (χ1n) is 9.09. The third-order valence-electron chi connectivity index (χ3n) is 5.20. The van der Waals surface area contributed by atoms with E-state index in [0.717, 1.165) is 0 Å². The summed E-state index contributed by atoms with van der Waals surface area (Å²) in [4.78, 5) is 41.1. The summed E-state index contributed by atoms with van der Waals surface area (Å²) in [6.45, 7) is 4.59. The SMILES string of the molecule is CNC(=O)C1CN(C(C)C)CCN1C(=O)CN1C(=O)c2ccccc2S1(=O)=O. The molecule has 0 aromatic heterocycles. The number of nitrogens with one attached hydrogen (secondary N) is 1. The fourth-order valence-electron chi connectivity index (χ4n) is 3.56. The van der Waals surface area contributed by atoms with Crippen LogP contribution in [0.4, 0.5) is 0 Å². The Morgan fingerprint density at radius 2 is 1.89 bits per heavy atom. The second-order valence-corrected chi connectivity index (χ2v) is 8.95. The standard InChI is InChI=1S/C18H24N4O5S/c1-12(2)20-8-9-21(14(10-20)17(24)19-3)16(23)11-22-18(25)13-6-4-5-7-15(13)28(22,26)27/h4-7,12,14H,8-11H2,1-3H3,(H,19,24). The van der Waals surface area contributed by atoms with Crippen molar-refractivity contribution in [3.8, 4) is 0 Å². The molecule has 0 aliphatic carbocycles. The van der Waals surface area contributed by atoms with E-state index >= 15 is 0 Å². The van der Waals surface area contributed by atoms with Crippen molar-refractivity contribution in [3.05, 3.63) is 29.8 Å². The second-order valence-electron chi connectivity index (χ2n) is 7.12. The predicted molar refractivity (Wildman–Crippen MR) is 101 cm³/mol. The minimum Gasteiger partial charge on any atom is -0.357 e. The Morgan fingerprint density at radius 3 is 2.50 bits per heavy atom. The van der Waals surface area contributed by atoms with Crippen molar-refractivity contribution in [2.24, 2.45) is 0 Å². The van der Waals surface area contributed by atoms with E-state index in [1.165, 1.54) is 30.1 Å². The topological polar surface area (TPSA) is 107 Å². The molecule has 1 unspecified atom stereocenters. The largest absolute Gasteiger partial charge is 0.357 e. The summed E-state index contributed by atoms with van der Waals surface area (Å²) >= 11 is 0. The molecule has 3 rings (SSSR count). The van der Waals surface area contributed by atoms with Crippen LogP contribution in [-0.4, -0.2) is 85.6 Å². The number of carbonyl (C=O) groups excluding carboxylic acids is 3. The van der Waals surface area contributed by atoms with Crippen LogP contribution in [0, 0.1) is 0 Å². The van der Waals surface area contributed by atoms with Crippen molar-refractivity contribution in [1.29, 1.82) is 0 Å². The molecule has 10 heteroatoms. The molecule has 1 N–H and O–H groups in total. The first kappa shape index (κ1) is 20.3. The Bertz CT molecular complexity index is 914. The van der Waals surface area contributed by atoms with Gasteiger partial charge in [0.15, 0.2) is 0 Å². The third-order valence-corrected chi connectivity index (χ3v) is 6.99. The first-order valence-corrected chi connectivity index (χ1v) is 10.5. The summed E-state index contributed by atoms with van der Waals surface area (Å²) in [6.07, 6.45) is 0. The number of nitrogens with zero attached hydrogens (tertiary/aromatic N) is 3. The lowest BCUT2D eigenvalue weighted by Gasteiger charge is -2.42. The Labute approximate surface area is 164 Å². The Hall–Kier alpha value is -2.46. The fourth-order valence-corrected chi connectivity index (χ4v) is 5.08. The molecule has 2 aliphatic heterocycles. The summed E-state index contributed by atoms with van der Waals surface area (Å²) < 4.78 is 25.9. The molecule has 3 amide bonds. The maximum Gasteiger partial charge on any atom is 0.269 e. The van der Waals surface area contributed by atoms with Gasteiger partial charge in [0.2, 0.25) is 11.8 Å². The van der Waals surface area contributed by atoms with E-state index in [9.17, 15) is 22.8 Å². The van der Waals surface area contributed by atoms with E-state index in [0.29, 0.717) is 17.4 Å². The smallest absolute Gasteiger partial charge is 0.269 e. The maximum atomic E-state index is 12.9. The highest BCUT2D eigenvalue weighted by Gasteiger charge is 2.44. The van der Waals surface area contributed by atoms with Crippen LogP contribution < -0.4 is 5.32 Å². The highest BCUT2D eigenvalue weighted by molar-refractivity contribution is 7.90. The van der Waals surface area contributed by atoms with E-state index in [1.807, 2.05) is 13.8 Å². The Balaban J connectivity index is 1.82. The number of hydrogen-bond acceptors (Lipinski definition) is 6. The molecule has 2 aliphatic rings. The molecule has 1 fully saturated rings.